The maximum absolute atomic E-state index is 12.8. The van der Waals surface area contributed by atoms with E-state index in [4.69, 9.17) is 9.26 Å². The van der Waals surface area contributed by atoms with Gasteiger partial charge in [0.05, 0.1) is 11.8 Å². The second kappa shape index (κ2) is 6.86. The van der Waals surface area contributed by atoms with Crippen LogP contribution in [-0.2, 0) is 16.6 Å². The maximum atomic E-state index is 12.8. The second-order valence-electron chi connectivity index (χ2n) is 5.46. The smallest absolute Gasteiger partial charge is 0.264 e. The summed E-state index contributed by atoms with van der Waals surface area (Å²) in [5.74, 6) is 0.771. The first kappa shape index (κ1) is 16.8. The third kappa shape index (κ3) is 3.57. The zero-order valence-corrected chi connectivity index (χ0v) is 14.0. The molecule has 0 saturated carbocycles. The minimum absolute atomic E-state index is 0.0336. The van der Waals surface area contributed by atoms with Gasteiger partial charge in [-0.15, -0.1) is 0 Å². The van der Waals surface area contributed by atoms with Gasteiger partial charge in [-0.2, -0.15) is 9.29 Å². The summed E-state index contributed by atoms with van der Waals surface area (Å²) in [4.78, 5) is 4.24. The molecule has 1 saturated heterocycles. The van der Waals surface area contributed by atoms with Gasteiger partial charge in [-0.3, -0.25) is 0 Å². The highest BCUT2D eigenvalue weighted by Gasteiger charge is 2.36. The van der Waals surface area contributed by atoms with Crippen LogP contribution >= 0.6 is 0 Å². The SMILES string of the molecule is CCS(=O)(=O)N1CCCC1c1noc(COc2ccc(F)cc2)n1. The van der Waals surface area contributed by atoms with Gasteiger partial charge in [-0.1, -0.05) is 5.16 Å². The molecular formula is C15H18FN3O4S. The maximum Gasteiger partial charge on any atom is 0.264 e. The van der Waals surface area contributed by atoms with Crippen LogP contribution in [0.1, 0.15) is 37.5 Å². The van der Waals surface area contributed by atoms with Crippen molar-refractivity contribution in [3.8, 4) is 5.75 Å². The Balaban J connectivity index is 1.67. The Hall–Kier alpha value is -2.00. The third-order valence-corrected chi connectivity index (χ3v) is 5.76. The average Bonchev–Trinajstić information content (AvgIpc) is 3.23. The molecule has 1 fully saturated rings. The Labute approximate surface area is 139 Å². The van der Waals surface area contributed by atoms with Gasteiger partial charge in [0.2, 0.25) is 10.0 Å². The van der Waals surface area contributed by atoms with E-state index < -0.39 is 16.1 Å². The predicted octanol–water partition coefficient (Wildman–Crippen LogP) is 2.27. The molecular weight excluding hydrogens is 337 g/mol. The van der Waals surface area contributed by atoms with Crippen molar-refractivity contribution in [2.75, 3.05) is 12.3 Å². The first-order chi connectivity index (χ1) is 11.5. The van der Waals surface area contributed by atoms with Crippen LogP contribution in [0.4, 0.5) is 4.39 Å². The van der Waals surface area contributed by atoms with Crippen LogP contribution in [-0.4, -0.2) is 35.2 Å². The molecule has 24 heavy (non-hydrogen) atoms. The number of nitrogens with zero attached hydrogens (tertiary/aromatic N) is 3. The summed E-state index contributed by atoms with van der Waals surface area (Å²) >= 11 is 0. The normalized spacial score (nSPS) is 18.8. The summed E-state index contributed by atoms with van der Waals surface area (Å²) < 4.78 is 49.1. The molecule has 0 amide bonds. The van der Waals surface area contributed by atoms with Gasteiger partial charge in [-0.25, -0.2) is 12.8 Å². The molecule has 1 unspecified atom stereocenters. The van der Waals surface area contributed by atoms with Gasteiger partial charge in [0.25, 0.3) is 5.89 Å². The minimum atomic E-state index is -3.30. The number of aromatic nitrogens is 2. The zero-order valence-electron chi connectivity index (χ0n) is 13.2. The highest BCUT2D eigenvalue weighted by Crippen LogP contribution is 2.32. The highest BCUT2D eigenvalue weighted by atomic mass is 32.2. The van der Waals surface area contributed by atoms with Gasteiger partial charge >= 0.3 is 0 Å². The van der Waals surface area contributed by atoms with Crippen LogP contribution in [0.15, 0.2) is 28.8 Å². The fourth-order valence-corrected chi connectivity index (χ4v) is 3.96. The predicted molar refractivity (Wildman–Crippen MR) is 83.2 cm³/mol. The fraction of sp³-hybridized carbons (Fsp3) is 0.467. The monoisotopic (exact) mass is 355 g/mol. The van der Waals surface area contributed by atoms with E-state index in [9.17, 15) is 12.8 Å². The molecule has 1 aromatic carbocycles. The Morgan fingerprint density at radius 3 is 2.83 bits per heavy atom. The van der Waals surface area contributed by atoms with Gasteiger partial charge in [-0.05, 0) is 44.0 Å². The molecule has 0 radical (unpaired) electrons. The quantitative estimate of drug-likeness (QED) is 0.790. The van der Waals surface area contributed by atoms with E-state index in [1.165, 1.54) is 28.6 Å². The lowest BCUT2D eigenvalue weighted by Crippen LogP contribution is -2.32. The van der Waals surface area contributed by atoms with Gasteiger partial charge in [0.15, 0.2) is 12.4 Å². The topological polar surface area (TPSA) is 85.5 Å². The number of sulfonamides is 1. The molecule has 1 aromatic heterocycles. The van der Waals surface area contributed by atoms with Crippen molar-refractivity contribution in [2.24, 2.45) is 0 Å². The van der Waals surface area contributed by atoms with E-state index in [0.29, 0.717) is 24.5 Å². The Bertz CT molecular complexity index is 791. The lowest BCUT2D eigenvalue weighted by molar-refractivity contribution is 0.241. The van der Waals surface area contributed by atoms with Crippen LogP contribution in [0.2, 0.25) is 0 Å². The van der Waals surface area contributed by atoms with Crippen molar-refractivity contribution >= 4 is 10.0 Å². The molecule has 3 rings (SSSR count). The number of benzene rings is 1. The summed E-state index contributed by atoms with van der Waals surface area (Å²) in [6, 6.07) is 5.19. The second-order valence-corrected chi connectivity index (χ2v) is 7.67. The van der Waals surface area contributed by atoms with Crippen molar-refractivity contribution < 1.29 is 22.1 Å². The van der Waals surface area contributed by atoms with Gasteiger partial charge in [0.1, 0.15) is 11.6 Å². The average molecular weight is 355 g/mol. The lowest BCUT2D eigenvalue weighted by Gasteiger charge is -2.20. The van der Waals surface area contributed by atoms with E-state index in [0.717, 1.165) is 6.42 Å². The largest absolute Gasteiger partial charge is 0.484 e. The van der Waals surface area contributed by atoms with Crippen LogP contribution in [0.3, 0.4) is 0 Å². The van der Waals surface area contributed by atoms with Crippen LogP contribution in [0.25, 0.3) is 0 Å². The number of hydrogen-bond acceptors (Lipinski definition) is 6. The number of hydrogen-bond donors (Lipinski definition) is 0. The molecule has 0 spiro atoms. The summed E-state index contributed by atoms with van der Waals surface area (Å²) in [5, 5.41) is 3.89. The molecule has 130 valence electrons. The third-order valence-electron chi connectivity index (χ3n) is 3.88. The summed E-state index contributed by atoms with van der Waals surface area (Å²) in [6.07, 6.45) is 1.43. The highest BCUT2D eigenvalue weighted by molar-refractivity contribution is 7.89. The molecule has 2 aromatic rings. The minimum Gasteiger partial charge on any atom is -0.484 e. The first-order valence-electron chi connectivity index (χ1n) is 7.70. The number of rotatable bonds is 6. The van der Waals surface area contributed by atoms with Crippen molar-refractivity contribution in [2.45, 2.75) is 32.4 Å². The van der Waals surface area contributed by atoms with E-state index in [1.807, 2.05) is 0 Å². The van der Waals surface area contributed by atoms with Crippen LogP contribution < -0.4 is 4.74 Å². The van der Waals surface area contributed by atoms with E-state index in [2.05, 4.69) is 10.1 Å². The van der Waals surface area contributed by atoms with Gasteiger partial charge in [0, 0.05) is 6.54 Å². The summed E-state index contributed by atoms with van der Waals surface area (Å²) in [5.41, 5.74) is 0. The number of halogens is 1. The summed E-state index contributed by atoms with van der Waals surface area (Å²) in [6.45, 7) is 2.12. The first-order valence-corrected chi connectivity index (χ1v) is 9.31. The van der Waals surface area contributed by atoms with E-state index in [1.54, 1.807) is 6.92 Å². The molecule has 2 heterocycles. The van der Waals surface area contributed by atoms with Crippen LogP contribution in [0.5, 0.6) is 5.75 Å². The molecule has 0 bridgehead atoms. The Kier molecular flexibility index (Phi) is 4.81. The molecule has 0 N–H and O–H groups in total. The molecule has 1 aliphatic heterocycles. The lowest BCUT2D eigenvalue weighted by atomic mass is 10.2. The molecule has 7 nitrogen and oxygen atoms in total. The van der Waals surface area contributed by atoms with E-state index in [-0.39, 0.29) is 24.1 Å². The zero-order chi connectivity index (χ0) is 17.2. The Morgan fingerprint density at radius 1 is 1.38 bits per heavy atom. The fourth-order valence-electron chi connectivity index (χ4n) is 2.63. The summed E-state index contributed by atoms with van der Waals surface area (Å²) in [7, 11) is -3.30. The van der Waals surface area contributed by atoms with Crippen molar-refractivity contribution in [3.05, 3.63) is 41.8 Å². The standard InChI is InChI=1S/C15H18FN3O4S/c1-2-24(20,21)19-9-3-4-13(19)15-17-14(23-18-15)10-22-12-7-5-11(16)6-8-12/h5-8,13H,2-4,9-10H2,1H3. The Morgan fingerprint density at radius 2 is 2.12 bits per heavy atom. The van der Waals surface area contributed by atoms with Crippen molar-refractivity contribution in [1.82, 2.24) is 14.4 Å². The van der Waals surface area contributed by atoms with E-state index >= 15 is 0 Å². The molecule has 1 aliphatic rings. The molecule has 9 heteroatoms. The number of ether oxygens (including phenoxy) is 1. The molecule has 0 aliphatic carbocycles. The van der Waals surface area contributed by atoms with Crippen molar-refractivity contribution in [1.29, 1.82) is 0 Å². The van der Waals surface area contributed by atoms with Crippen LogP contribution in [0, 0.1) is 5.82 Å². The van der Waals surface area contributed by atoms with Crippen molar-refractivity contribution in [3.63, 3.8) is 0 Å². The molecule has 1 atom stereocenters. The van der Waals surface area contributed by atoms with Gasteiger partial charge < -0.3 is 9.26 Å².